The first-order chi connectivity index (χ1) is 12.0. The molecule has 2 rings (SSSR count). The topological polar surface area (TPSA) is 64.6 Å². The van der Waals surface area contributed by atoms with Gasteiger partial charge in [0.2, 0.25) is 0 Å². The van der Waals surface area contributed by atoms with Crippen LogP contribution in [-0.4, -0.2) is 25.6 Å². The zero-order valence-corrected chi connectivity index (χ0v) is 14.7. The summed E-state index contributed by atoms with van der Waals surface area (Å²) in [7, 11) is 1.33. The highest BCUT2D eigenvalue weighted by Crippen LogP contribution is 2.20. The van der Waals surface area contributed by atoms with Gasteiger partial charge in [0.15, 0.2) is 6.61 Å². The molecule has 0 heterocycles. The Morgan fingerprint density at radius 2 is 1.68 bits per heavy atom. The van der Waals surface area contributed by atoms with Crippen molar-refractivity contribution in [3.63, 3.8) is 0 Å². The van der Waals surface area contributed by atoms with Crippen LogP contribution in [0.2, 0.25) is 0 Å². The molecule has 2 aromatic carbocycles. The van der Waals surface area contributed by atoms with Gasteiger partial charge in [-0.25, -0.2) is 4.79 Å². The van der Waals surface area contributed by atoms with Crippen LogP contribution in [0.5, 0.6) is 5.75 Å². The Hall–Kier alpha value is -2.82. The predicted molar refractivity (Wildman–Crippen MR) is 97.1 cm³/mol. The van der Waals surface area contributed by atoms with Crippen LogP contribution in [0.1, 0.15) is 42.1 Å². The van der Waals surface area contributed by atoms with Crippen molar-refractivity contribution in [3.05, 3.63) is 59.7 Å². The normalized spacial score (nSPS) is 11.5. The van der Waals surface area contributed by atoms with E-state index in [9.17, 15) is 9.59 Å². The molecule has 0 unspecified atom stereocenters. The predicted octanol–water partition coefficient (Wildman–Crippen LogP) is 4.00. The zero-order chi connectivity index (χ0) is 18.2. The number of nitrogens with one attached hydrogen (secondary N) is 1. The van der Waals surface area contributed by atoms with E-state index in [0.29, 0.717) is 17.2 Å². The zero-order valence-electron chi connectivity index (χ0n) is 14.7. The van der Waals surface area contributed by atoms with Crippen LogP contribution < -0.4 is 10.1 Å². The van der Waals surface area contributed by atoms with E-state index >= 15 is 0 Å². The molecule has 0 aliphatic carbocycles. The van der Waals surface area contributed by atoms with Crippen LogP contribution in [0.25, 0.3) is 0 Å². The fraction of sp³-hybridized carbons (Fsp3) is 0.300. The fourth-order valence-electron chi connectivity index (χ4n) is 2.28. The summed E-state index contributed by atoms with van der Waals surface area (Å²) in [4.78, 5) is 23.3. The minimum atomic E-state index is -0.412. The molecule has 25 heavy (non-hydrogen) atoms. The van der Waals surface area contributed by atoms with Crippen molar-refractivity contribution < 1.29 is 19.1 Å². The third-order valence-corrected chi connectivity index (χ3v) is 4.02. The van der Waals surface area contributed by atoms with Crippen molar-refractivity contribution in [2.24, 2.45) is 0 Å². The summed E-state index contributed by atoms with van der Waals surface area (Å²) in [5.74, 6) is 0.356. The summed E-state index contributed by atoms with van der Waals surface area (Å²) in [6, 6.07) is 14.3. The average molecular weight is 341 g/mol. The van der Waals surface area contributed by atoms with Gasteiger partial charge in [0.05, 0.1) is 12.7 Å². The van der Waals surface area contributed by atoms with Gasteiger partial charge in [0, 0.05) is 5.69 Å². The van der Waals surface area contributed by atoms with Crippen molar-refractivity contribution >= 4 is 17.6 Å². The highest BCUT2D eigenvalue weighted by molar-refractivity contribution is 5.92. The minimum Gasteiger partial charge on any atom is -0.484 e. The smallest absolute Gasteiger partial charge is 0.337 e. The molecule has 1 N–H and O–H groups in total. The summed E-state index contributed by atoms with van der Waals surface area (Å²) >= 11 is 0. The number of carbonyl (C=O) groups excluding carboxylic acids is 2. The molecular weight excluding hydrogens is 318 g/mol. The largest absolute Gasteiger partial charge is 0.484 e. The van der Waals surface area contributed by atoms with Crippen molar-refractivity contribution in [1.82, 2.24) is 0 Å². The second kappa shape index (κ2) is 8.87. The number of esters is 1. The second-order valence-corrected chi connectivity index (χ2v) is 5.78. The highest BCUT2D eigenvalue weighted by atomic mass is 16.5. The van der Waals surface area contributed by atoms with Gasteiger partial charge in [0.25, 0.3) is 5.91 Å². The van der Waals surface area contributed by atoms with E-state index in [2.05, 4.69) is 23.9 Å². The molecule has 0 radical (unpaired) electrons. The summed E-state index contributed by atoms with van der Waals surface area (Å²) < 4.78 is 10.1. The highest BCUT2D eigenvalue weighted by Gasteiger charge is 2.08. The molecule has 0 aliphatic rings. The quantitative estimate of drug-likeness (QED) is 0.773. The van der Waals surface area contributed by atoms with Crippen molar-refractivity contribution in [1.29, 1.82) is 0 Å². The molecule has 1 amide bonds. The SMILES string of the molecule is CC[C@@H](C)c1ccc(NC(=O)COc2ccc(C(=O)OC)cc2)cc1. The summed E-state index contributed by atoms with van der Waals surface area (Å²) in [6.45, 7) is 4.22. The van der Waals surface area contributed by atoms with Crippen molar-refractivity contribution in [2.45, 2.75) is 26.2 Å². The van der Waals surface area contributed by atoms with Crippen LogP contribution in [0, 0.1) is 0 Å². The van der Waals surface area contributed by atoms with E-state index in [1.807, 2.05) is 24.3 Å². The Morgan fingerprint density at radius 3 is 2.24 bits per heavy atom. The van der Waals surface area contributed by atoms with Gasteiger partial charge in [-0.1, -0.05) is 26.0 Å². The van der Waals surface area contributed by atoms with Gasteiger partial charge >= 0.3 is 5.97 Å². The lowest BCUT2D eigenvalue weighted by atomic mass is 9.99. The van der Waals surface area contributed by atoms with Gasteiger partial charge < -0.3 is 14.8 Å². The van der Waals surface area contributed by atoms with E-state index < -0.39 is 5.97 Å². The maximum atomic E-state index is 12.0. The van der Waals surface area contributed by atoms with Gasteiger partial charge in [-0.2, -0.15) is 0 Å². The molecule has 0 aliphatic heterocycles. The first-order valence-electron chi connectivity index (χ1n) is 8.24. The molecule has 0 bridgehead atoms. The molecule has 0 saturated heterocycles. The molecule has 0 spiro atoms. The first kappa shape index (κ1) is 18.5. The first-order valence-corrected chi connectivity index (χ1v) is 8.24. The number of ether oxygens (including phenoxy) is 2. The Morgan fingerprint density at radius 1 is 1.04 bits per heavy atom. The van der Waals surface area contributed by atoms with E-state index in [1.165, 1.54) is 12.7 Å². The number of hydrogen-bond acceptors (Lipinski definition) is 4. The van der Waals surface area contributed by atoms with E-state index in [0.717, 1.165) is 12.1 Å². The van der Waals surface area contributed by atoms with E-state index in [-0.39, 0.29) is 12.5 Å². The monoisotopic (exact) mass is 341 g/mol. The molecule has 5 nitrogen and oxygen atoms in total. The summed E-state index contributed by atoms with van der Waals surface area (Å²) in [5, 5.41) is 2.80. The molecule has 2 aromatic rings. The Balaban J connectivity index is 1.85. The van der Waals surface area contributed by atoms with Crippen LogP contribution in [0.3, 0.4) is 0 Å². The van der Waals surface area contributed by atoms with E-state index in [4.69, 9.17) is 4.74 Å². The lowest BCUT2D eigenvalue weighted by Gasteiger charge is -2.11. The number of carbonyl (C=O) groups is 2. The molecule has 132 valence electrons. The van der Waals surface area contributed by atoms with Crippen LogP contribution >= 0.6 is 0 Å². The molecule has 0 fully saturated rings. The number of hydrogen-bond donors (Lipinski definition) is 1. The Labute approximate surface area is 148 Å². The molecule has 1 atom stereocenters. The summed E-state index contributed by atoms with van der Waals surface area (Å²) in [6.07, 6.45) is 1.08. The van der Waals surface area contributed by atoms with Gasteiger partial charge in [0.1, 0.15) is 5.75 Å². The van der Waals surface area contributed by atoms with Gasteiger partial charge in [-0.05, 0) is 54.3 Å². The number of methoxy groups -OCH3 is 1. The molecule has 0 aromatic heterocycles. The van der Waals surface area contributed by atoms with Crippen LogP contribution in [0.15, 0.2) is 48.5 Å². The van der Waals surface area contributed by atoms with Gasteiger partial charge in [-0.3, -0.25) is 4.79 Å². The average Bonchev–Trinajstić information content (AvgIpc) is 2.66. The lowest BCUT2D eigenvalue weighted by Crippen LogP contribution is -2.20. The van der Waals surface area contributed by atoms with E-state index in [1.54, 1.807) is 24.3 Å². The number of benzene rings is 2. The summed E-state index contributed by atoms with van der Waals surface area (Å²) in [5.41, 5.74) is 2.42. The molecule has 0 saturated carbocycles. The number of amides is 1. The number of anilines is 1. The molecular formula is C20H23NO4. The van der Waals surface area contributed by atoms with Crippen molar-refractivity contribution in [3.8, 4) is 5.75 Å². The lowest BCUT2D eigenvalue weighted by molar-refractivity contribution is -0.118. The Bertz CT molecular complexity index is 707. The third-order valence-electron chi connectivity index (χ3n) is 4.02. The van der Waals surface area contributed by atoms with Crippen LogP contribution in [0.4, 0.5) is 5.69 Å². The Kier molecular flexibility index (Phi) is 6.57. The number of rotatable bonds is 7. The van der Waals surface area contributed by atoms with Crippen LogP contribution in [-0.2, 0) is 9.53 Å². The maximum absolute atomic E-state index is 12.0. The maximum Gasteiger partial charge on any atom is 0.337 e. The van der Waals surface area contributed by atoms with Crippen molar-refractivity contribution in [2.75, 3.05) is 19.0 Å². The fourth-order valence-corrected chi connectivity index (χ4v) is 2.28. The van der Waals surface area contributed by atoms with Gasteiger partial charge in [-0.15, -0.1) is 0 Å². The third kappa shape index (κ3) is 5.35. The standard InChI is InChI=1S/C20H23NO4/c1-4-14(2)15-5-9-17(10-6-15)21-19(22)13-25-18-11-7-16(8-12-18)20(23)24-3/h5-12,14H,4,13H2,1-3H3,(H,21,22)/t14-/m1/s1. The second-order valence-electron chi connectivity index (χ2n) is 5.78. The molecule has 5 heteroatoms. The minimum absolute atomic E-state index is 0.106.